The van der Waals surface area contributed by atoms with Crippen LogP contribution in [0.2, 0.25) is 0 Å². The molecule has 0 heterocycles. The molecule has 0 radical (unpaired) electrons. The van der Waals surface area contributed by atoms with Crippen molar-refractivity contribution in [2.24, 2.45) is 0 Å². The summed E-state index contributed by atoms with van der Waals surface area (Å²) in [6, 6.07) is 0. The largest absolute Gasteiger partial charge is 0.369 e. The number of rotatable bonds is 11. The Morgan fingerprint density at radius 2 is 0.538 bits per heavy atom. The smallest absolute Gasteiger partial charge is 0.368 e. The maximum Gasteiger partial charge on any atom is 0.369 e. The Labute approximate surface area is 214 Å². The van der Waals surface area contributed by atoms with E-state index >= 15 is 0 Å². The maximum atomic E-state index is 11.5. The molecule has 0 rings (SSSR count). The van der Waals surface area contributed by atoms with Crippen molar-refractivity contribution in [3.63, 3.8) is 0 Å². The van der Waals surface area contributed by atoms with Crippen molar-refractivity contribution in [2.75, 3.05) is 0 Å². The third-order valence-corrected chi connectivity index (χ3v) is 18.1. The first-order valence-corrected chi connectivity index (χ1v) is 21.5. The van der Waals surface area contributed by atoms with Crippen molar-refractivity contribution < 1.29 is 120 Å². The van der Waals surface area contributed by atoms with E-state index in [4.69, 9.17) is 83.4 Å². The third-order valence-electron chi connectivity index (χ3n) is 3.71. The second-order valence-electron chi connectivity index (χ2n) is 7.08. The highest BCUT2D eigenvalue weighted by Crippen LogP contribution is 2.75. The molecule has 0 aromatic rings. The molecule has 0 aliphatic rings. The van der Waals surface area contributed by atoms with Gasteiger partial charge >= 0.3 is 60.8 Å². The minimum absolute atomic E-state index is 0.383. The van der Waals surface area contributed by atoms with Gasteiger partial charge in [-0.3, -0.25) is 36.5 Å². The third kappa shape index (κ3) is 12.0. The molecule has 0 spiro atoms. The molecule has 0 unspecified atom stereocenters. The van der Waals surface area contributed by atoms with Crippen LogP contribution in [0.5, 0.6) is 0 Å². The molecule has 0 amide bonds. The van der Waals surface area contributed by atoms with Crippen LogP contribution >= 0.6 is 60.8 Å². The van der Waals surface area contributed by atoms with Gasteiger partial charge in [0.05, 0.1) is 0 Å². The van der Waals surface area contributed by atoms with E-state index in [2.05, 4.69) is 0 Å². The van der Waals surface area contributed by atoms with E-state index in [0.717, 1.165) is 0 Å². The van der Waals surface area contributed by atoms with Gasteiger partial charge in [0.2, 0.25) is 16.6 Å². The zero-order chi connectivity index (χ0) is 32.8. The standard InChI is InChI=1S/C3H15NO18P6.C2H8O7P2/c5-23(6,7)1(24(8,9)10)4(2(25(11,12)13)26(14,15)16)3(27(17,18)19)28(20,21)22;1-2(3,10(4,5)6)11(7,8)9/h1-3H,(H2,5,6,7)(H2,8,9,10)(H2,11,12,13)(H2,14,15,16)(H2,17,18,19)(H2,20,21,22);3H,1H3,(H2,4,5,6)(H2,7,8,9). The van der Waals surface area contributed by atoms with Crippen LogP contribution < -0.4 is 0 Å². The first-order chi connectivity index (χ1) is 16.2. The SMILES string of the molecule is CC(O)(P(=O)(O)O)P(=O)(O)O.O=P(O)(O)C(N(C(P(=O)(O)O)P(=O)(O)O)C(P(=O)(O)O)P(=O)(O)O)P(=O)(O)O. The highest BCUT2D eigenvalue weighted by molar-refractivity contribution is 7.74. The highest BCUT2D eigenvalue weighted by Gasteiger charge is 2.66. The molecule has 0 aliphatic heterocycles. The molecule has 0 aliphatic carbocycles. The van der Waals surface area contributed by atoms with Crippen LogP contribution in [0.25, 0.3) is 0 Å². The Kier molecular flexibility index (Phi) is 13.7. The number of nitrogens with zero attached hydrogens (tertiary/aromatic N) is 1. The van der Waals surface area contributed by atoms with Crippen LogP contribution in [0.15, 0.2) is 0 Å². The number of hydrogen-bond donors (Lipinski definition) is 17. The first kappa shape index (κ1) is 42.3. The van der Waals surface area contributed by atoms with Gasteiger partial charge in [-0.2, -0.15) is 0 Å². The summed E-state index contributed by atoms with van der Waals surface area (Å²) in [6.07, 6.45) is 0. The average molecular weight is 745 g/mol. The quantitative estimate of drug-likeness (QED) is 0.0902. The van der Waals surface area contributed by atoms with Gasteiger partial charge in [0.15, 0.2) is 0 Å². The van der Waals surface area contributed by atoms with Crippen molar-refractivity contribution in [1.29, 1.82) is 0 Å². The van der Waals surface area contributed by atoms with Gasteiger partial charge in [-0.15, -0.1) is 0 Å². The Hall–Kier alpha value is 1.12. The Bertz CT molecular complexity index is 1050. The fourth-order valence-corrected chi connectivity index (χ4v) is 13.2. The van der Waals surface area contributed by atoms with E-state index in [1.165, 1.54) is 0 Å². The van der Waals surface area contributed by atoms with Gasteiger partial charge in [0.25, 0.3) is 5.08 Å². The van der Waals surface area contributed by atoms with E-state index in [9.17, 15) is 36.5 Å². The second kappa shape index (κ2) is 12.6. The minimum atomic E-state index is -6.55. The Morgan fingerprint density at radius 3 is 0.590 bits per heavy atom. The number of hydrogen-bond acceptors (Lipinski definition) is 10. The molecule has 34 heteroatoms. The zero-order valence-electron chi connectivity index (χ0n) is 18.1. The fraction of sp³-hybridized carbons (Fsp3) is 1.00. The molecule has 0 bridgehead atoms. The highest BCUT2D eigenvalue weighted by atomic mass is 31.3. The Balaban J connectivity index is 0. The molecular weight excluding hydrogens is 722 g/mol. The van der Waals surface area contributed by atoms with E-state index in [-0.39, 0.29) is 0 Å². The van der Waals surface area contributed by atoms with E-state index < -0.39 is 87.3 Å². The van der Waals surface area contributed by atoms with Gasteiger partial charge in [-0.25, -0.2) is 4.90 Å². The zero-order valence-corrected chi connectivity index (χ0v) is 25.3. The molecule has 39 heavy (non-hydrogen) atoms. The minimum Gasteiger partial charge on any atom is -0.368 e. The lowest BCUT2D eigenvalue weighted by atomic mass is 10.9. The van der Waals surface area contributed by atoms with Crippen molar-refractivity contribution in [1.82, 2.24) is 4.90 Å². The van der Waals surface area contributed by atoms with Gasteiger partial charge < -0.3 is 83.4 Å². The Morgan fingerprint density at radius 1 is 0.410 bits per heavy atom. The maximum absolute atomic E-state index is 11.5. The lowest BCUT2D eigenvalue weighted by Gasteiger charge is -2.41. The summed E-state index contributed by atoms with van der Waals surface area (Å²) >= 11 is 0. The molecule has 0 aromatic heterocycles. The van der Waals surface area contributed by atoms with Gasteiger partial charge in [0.1, 0.15) is 0 Å². The van der Waals surface area contributed by atoms with Crippen molar-refractivity contribution >= 4 is 60.8 Å². The van der Waals surface area contributed by atoms with E-state index in [1.807, 2.05) is 0 Å². The van der Waals surface area contributed by atoms with Crippen LogP contribution in [0.4, 0.5) is 0 Å². The topological polar surface area (TPSA) is 484 Å². The monoisotopic (exact) mass is 745 g/mol. The summed E-state index contributed by atoms with van der Waals surface area (Å²) in [5.74, 6) is 0. The summed E-state index contributed by atoms with van der Waals surface area (Å²) < 4.78 is 89.4. The van der Waals surface area contributed by atoms with Crippen molar-refractivity contribution in [2.45, 2.75) is 28.6 Å². The second-order valence-corrected chi connectivity index (χ2v) is 22.6. The summed E-state index contributed by atoms with van der Waals surface area (Å²) in [6.45, 7) is 0.383. The molecule has 0 aromatic carbocycles. The molecule has 0 saturated heterocycles. The first-order valence-electron chi connectivity index (χ1n) is 8.16. The van der Waals surface area contributed by atoms with Crippen LogP contribution in [-0.4, -0.2) is 110 Å². The van der Waals surface area contributed by atoms with Gasteiger partial charge in [0, 0.05) is 0 Å². The molecule has 0 fully saturated rings. The van der Waals surface area contributed by atoms with Gasteiger partial charge in [-0.1, -0.05) is 0 Å². The summed E-state index contributed by atoms with van der Waals surface area (Å²) in [7, 11) is -49.7. The molecule has 238 valence electrons. The van der Waals surface area contributed by atoms with E-state index in [1.54, 1.807) is 0 Å². The van der Waals surface area contributed by atoms with Gasteiger partial charge in [-0.05, 0) is 6.92 Å². The molecule has 26 nitrogen and oxygen atoms in total. The normalized spacial score (nSPS) is 15.6. The van der Waals surface area contributed by atoms with Crippen LogP contribution in [0.1, 0.15) is 6.92 Å². The molecule has 17 N–H and O–H groups in total. The van der Waals surface area contributed by atoms with E-state index in [0.29, 0.717) is 6.92 Å². The predicted molar refractivity (Wildman–Crippen MR) is 120 cm³/mol. The summed E-state index contributed by atoms with van der Waals surface area (Å²) in [5, 5.41) is 5.37. The summed E-state index contributed by atoms with van der Waals surface area (Å²) in [5.41, 5.74) is -12.5. The number of aliphatic hydroxyl groups is 1. The lowest BCUT2D eigenvalue weighted by molar-refractivity contribution is 0.146. The summed E-state index contributed by atoms with van der Waals surface area (Å²) in [4.78, 5) is 141. The van der Waals surface area contributed by atoms with Crippen molar-refractivity contribution in [3.05, 3.63) is 0 Å². The molecule has 0 saturated carbocycles. The fourth-order valence-electron chi connectivity index (χ4n) is 2.16. The van der Waals surface area contributed by atoms with Crippen LogP contribution in [0, 0.1) is 0 Å². The van der Waals surface area contributed by atoms with Crippen LogP contribution in [0.3, 0.4) is 0 Å². The molecular formula is C5H23NO25P8. The average Bonchev–Trinajstić information content (AvgIpc) is 2.43. The predicted octanol–water partition coefficient (Wildman–Crippen LogP) is -3.79. The molecule has 0 atom stereocenters. The van der Waals surface area contributed by atoms with Crippen LogP contribution in [-0.2, 0) is 36.5 Å². The lowest BCUT2D eigenvalue weighted by Crippen LogP contribution is -2.48. The van der Waals surface area contributed by atoms with Crippen molar-refractivity contribution in [3.8, 4) is 0 Å².